The summed E-state index contributed by atoms with van der Waals surface area (Å²) in [6.07, 6.45) is 0. The molecule has 2 heteroatoms. The average molecular weight is 211 g/mol. The first kappa shape index (κ1) is 10.4. The fourth-order valence-electron chi connectivity index (χ4n) is 1.36. The number of Topliss-reactive ketones (excluding diaryl/α,β-unsaturated/α-hetero) is 1. The molecule has 0 amide bonds. The zero-order chi connectivity index (χ0) is 11.4. The minimum Gasteiger partial charge on any atom is -0.457 e. The molecule has 0 aliphatic carbocycles. The molecule has 0 saturated heterocycles. The summed E-state index contributed by atoms with van der Waals surface area (Å²) in [5.74, 6) is 1.40. The molecule has 0 atom stereocenters. The monoisotopic (exact) mass is 211 g/mol. The molecule has 79 valence electrons. The second-order valence-electron chi connectivity index (χ2n) is 3.43. The third-order valence-corrected chi connectivity index (χ3v) is 2.15. The normalized spacial score (nSPS) is 9.81. The van der Waals surface area contributed by atoms with Crippen molar-refractivity contribution < 1.29 is 9.53 Å². The molecule has 2 aromatic rings. The number of hydrogen-bond donors (Lipinski definition) is 0. The number of hydrogen-bond acceptors (Lipinski definition) is 2. The predicted octanol–water partition coefficient (Wildman–Crippen LogP) is 3.48. The third kappa shape index (κ3) is 2.48. The van der Waals surface area contributed by atoms with Gasteiger partial charge in [0.15, 0.2) is 5.78 Å². The lowest BCUT2D eigenvalue weighted by molar-refractivity contribution is 0.101. The van der Waals surface area contributed by atoms with Gasteiger partial charge in [-0.05, 0) is 37.3 Å². The third-order valence-electron chi connectivity index (χ3n) is 2.15. The van der Waals surface area contributed by atoms with Crippen LogP contribution >= 0.6 is 0 Å². The summed E-state index contributed by atoms with van der Waals surface area (Å²) < 4.78 is 5.59. The molecule has 0 bridgehead atoms. The van der Waals surface area contributed by atoms with Crippen LogP contribution in [0, 0.1) is 6.07 Å². The average Bonchev–Trinajstić information content (AvgIpc) is 2.30. The molecule has 2 aromatic carbocycles. The summed E-state index contributed by atoms with van der Waals surface area (Å²) in [7, 11) is 0. The minimum atomic E-state index is 0.0325. The number of carbonyl (C=O) groups excluding carboxylic acids is 1. The van der Waals surface area contributed by atoms with Gasteiger partial charge in [-0.25, -0.2) is 0 Å². The van der Waals surface area contributed by atoms with E-state index in [1.807, 2.05) is 18.2 Å². The smallest absolute Gasteiger partial charge is 0.159 e. The molecule has 2 nitrogen and oxygen atoms in total. The van der Waals surface area contributed by atoms with Gasteiger partial charge in [0, 0.05) is 5.56 Å². The highest BCUT2D eigenvalue weighted by Gasteiger charge is 2.01. The van der Waals surface area contributed by atoms with Crippen LogP contribution in [0.15, 0.2) is 48.5 Å². The predicted molar refractivity (Wildman–Crippen MR) is 61.8 cm³/mol. The van der Waals surface area contributed by atoms with E-state index in [-0.39, 0.29) is 5.78 Å². The van der Waals surface area contributed by atoms with Gasteiger partial charge in [0.25, 0.3) is 0 Å². The Morgan fingerprint density at radius 1 is 1.19 bits per heavy atom. The van der Waals surface area contributed by atoms with E-state index in [2.05, 4.69) is 6.07 Å². The first-order chi connectivity index (χ1) is 7.75. The molecule has 2 rings (SSSR count). The van der Waals surface area contributed by atoms with Crippen molar-refractivity contribution >= 4 is 5.78 Å². The van der Waals surface area contributed by atoms with E-state index in [9.17, 15) is 4.79 Å². The maximum absolute atomic E-state index is 11.2. The first-order valence-corrected chi connectivity index (χ1v) is 5.01. The number of ketones is 1. The molecule has 0 saturated carbocycles. The maximum Gasteiger partial charge on any atom is 0.159 e. The lowest BCUT2D eigenvalue weighted by Crippen LogP contribution is -1.92. The van der Waals surface area contributed by atoms with Gasteiger partial charge in [-0.2, -0.15) is 0 Å². The van der Waals surface area contributed by atoms with Crippen molar-refractivity contribution in [2.24, 2.45) is 0 Å². The van der Waals surface area contributed by atoms with Crippen molar-refractivity contribution in [3.63, 3.8) is 0 Å². The van der Waals surface area contributed by atoms with Crippen LogP contribution in [0.2, 0.25) is 0 Å². The summed E-state index contributed by atoms with van der Waals surface area (Å²) in [5.41, 5.74) is 0.650. The van der Waals surface area contributed by atoms with E-state index < -0.39 is 0 Å². The zero-order valence-electron chi connectivity index (χ0n) is 8.94. The topological polar surface area (TPSA) is 26.3 Å². The molecule has 0 N–H and O–H groups in total. The van der Waals surface area contributed by atoms with Crippen LogP contribution < -0.4 is 4.74 Å². The highest BCUT2D eigenvalue weighted by atomic mass is 16.5. The Kier molecular flexibility index (Phi) is 3.01. The molecule has 0 fully saturated rings. The largest absolute Gasteiger partial charge is 0.457 e. The quantitative estimate of drug-likeness (QED) is 0.726. The highest BCUT2D eigenvalue weighted by molar-refractivity contribution is 5.94. The van der Waals surface area contributed by atoms with Crippen LogP contribution in [0.3, 0.4) is 0 Å². The maximum atomic E-state index is 11.2. The molecule has 0 heterocycles. The second kappa shape index (κ2) is 4.62. The number of benzene rings is 2. The van der Waals surface area contributed by atoms with Gasteiger partial charge in [-0.3, -0.25) is 4.79 Å². The van der Waals surface area contributed by atoms with Crippen LogP contribution in [0.25, 0.3) is 0 Å². The SMILES string of the molecule is CC(=O)c1cccc(Oc2c[c]ccc2)c1. The standard InChI is InChI=1S/C14H11O2/c1-11(15)12-6-5-9-14(10-12)16-13-7-3-2-4-8-13/h2-3,5-10H,1H3. The lowest BCUT2D eigenvalue weighted by atomic mass is 10.1. The number of rotatable bonds is 3. The van der Waals surface area contributed by atoms with Crippen molar-refractivity contribution in [3.8, 4) is 11.5 Å². The summed E-state index contributed by atoms with van der Waals surface area (Å²) in [5, 5.41) is 0. The Bertz CT molecular complexity index is 489. The lowest BCUT2D eigenvalue weighted by Gasteiger charge is -2.05. The first-order valence-electron chi connectivity index (χ1n) is 5.01. The van der Waals surface area contributed by atoms with Gasteiger partial charge in [0.1, 0.15) is 11.5 Å². The van der Waals surface area contributed by atoms with E-state index in [4.69, 9.17) is 4.74 Å². The molecule has 0 aliphatic rings. The summed E-state index contributed by atoms with van der Waals surface area (Å²) in [6.45, 7) is 1.54. The molecule has 0 spiro atoms. The summed E-state index contributed by atoms with van der Waals surface area (Å²) in [6, 6.07) is 17.3. The van der Waals surface area contributed by atoms with Crippen molar-refractivity contribution in [3.05, 3.63) is 60.2 Å². The second-order valence-corrected chi connectivity index (χ2v) is 3.43. The highest BCUT2D eigenvalue weighted by Crippen LogP contribution is 2.21. The summed E-state index contributed by atoms with van der Waals surface area (Å²) in [4.78, 5) is 11.2. The molecule has 0 aromatic heterocycles. The van der Waals surface area contributed by atoms with Gasteiger partial charge in [-0.1, -0.05) is 24.3 Å². The van der Waals surface area contributed by atoms with Gasteiger partial charge >= 0.3 is 0 Å². The van der Waals surface area contributed by atoms with Crippen molar-refractivity contribution in [1.29, 1.82) is 0 Å². The van der Waals surface area contributed by atoms with Crippen molar-refractivity contribution in [2.75, 3.05) is 0 Å². The van der Waals surface area contributed by atoms with E-state index in [1.165, 1.54) is 6.92 Å². The van der Waals surface area contributed by atoms with Gasteiger partial charge < -0.3 is 4.74 Å². The van der Waals surface area contributed by atoms with Crippen LogP contribution in [-0.2, 0) is 0 Å². The minimum absolute atomic E-state index is 0.0325. The fraction of sp³-hybridized carbons (Fsp3) is 0.0714. The van der Waals surface area contributed by atoms with E-state index in [0.717, 1.165) is 0 Å². The Balaban J connectivity index is 2.22. The van der Waals surface area contributed by atoms with Crippen LogP contribution in [-0.4, -0.2) is 5.78 Å². The number of carbonyl (C=O) groups is 1. The molecule has 0 unspecified atom stereocenters. The van der Waals surface area contributed by atoms with Gasteiger partial charge in [0.2, 0.25) is 0 Å². The van der Waals surface area contributed by atoms with Gasteiger partial charge in [0.05, 0.1) is 0 Å². The fourth-order valence-corrected chi connectivity index (χ4v) is 1.36. The van der Waals surface area contributed by atoms with Crippen molar-refractivity contribution in [1.82, 2.24) is 0 Å². The van der Waals surface area contributed by atoms with Crippen LogP contribution in [0.5, 0.6) is 11.5 Å². The Hall–Kier alpha value is -2.09. The zero-order valence-corrected chi connectivity index (χ0v) is 8.94. The Labute approximate surface area is 94.5 Å². The Morgan fingerprint density at radius 3 is 2.69 bits per heavy atom. The van der Waals surface area contributed by atoms with Crippen molar-refractivity contribution in [2.45, 2.75) is 6.92 Å². The van der Waals surface area contributed by atoms with E-state index >= 15 is 0 Å². The molecule has 16 heavy (non-hydrogen) atoms. The van der Waals surface area contributed by atoms with E-state index in [1.54, 1.807) is 30.3 Å². The molecular formula is C14H11O2. The molecular weight excluding hydrogens is 200 g/mol. The van der Waals surface area contributed by atoms with Crippen LogP contribution in [0.1, 0.15) is 17.3 Å². The van der Waals surface area contributed by atoms with Gasteiger partial charge in [-0.15, -0.1) is 0 Å². The molecule has 0 aliphatic heterocycles. The molecule has 1 radical (unpaired) electrons. The Morgan fingerprint density at radius 2 is 2.00 bits per heavy atom. The summed E-state index contributed by atoms with van der Waals surface area (Å²) >= 11 is 0. The van der Waals surface area contributed by atoms with Crippen LogP contribution in [0.4, 0.5) is 0 Å². The van der Waals surface area contributed by atoms with E-state index in [0.29, 0.717) is 17.1 Å². The number of ether oxygens (including phenoxy) is 1.